The zero-order chi connectivity index (χ0) is 14.1. The number of esters is 1. The standard InChI is InChI=1S/C14H19NO3S/c1-3-18-14(17)6-4-5-9-19-13-8-7-11(2)12(10-16)15-13/h7-8,10H,3-6,9H2,1-2H3. The summed E-state index contributed by atoms with van der Waals surface area (Å²) in [5.74, 6) is 0.748. The van der Waals surface area contributed by atoms with Crippen LogP contribution >= 0.6 is 11.8 Å². The molecular formula is C14H19NO3S. The molecule has 0 aliphatic rings. The Morgan fingerprint density at radius 3 is 2.89 bits per heavy atom. The molecule has 0 fully saturated rings. The molecule has 0 atom stereocenters. The fraction of sp³-hybridized carbons (Fsp3) is 0.500. The van der Waals surface area contributed by atoms with Gasteiger partial charge in [0.1, 0.15) is 5.69 Å². The molecule has 0 bridgehead atoms. The van der Waals surface area contributed by atoms with E-state index >= 15 is 0 Å². The van der Waals surface area contributed by atoms with Crippen LogP contribution in [0.5, 0.6) is 0 Å². The molecule has 104 valence electrons. The van der Waals surface area contributed by atoms with Gasteiger partial charge in [-0.1, -0.05) is 6.07 Å². The summed E-state index contributed by atoms with van der Waals surface area (Å²) in [6, 6.07) is 3.82. The smallest absolute Gasteiger partial charge is 0.305 e. The lowest BCUT2D eigenvalue weighted by Crippen LogP contribution is -2.03. The highest BCUT2D eigenvalue weighted by Gasteiger charge is 2.03. The van der Waals surface area contributed by atoms with Crippen LogP contribution in [0.4, 0.5) is 0 Å². The van der Waals surface area contributed by atoms with Crippen LogP contribution in [-0.4, -0.2) is 29.6 Å². The molecular weight excluding hydrogens is 262 g/mol. The van der Waals surface area contributed by atoms with E-state index < -0.39 is 0 Å². The van der Waals surface area contributed by atoms with E-state index in [1.165, 1.54) is 0 Å². The average molecular weight is 281 g/mol. The van der Waals surface area contributed by atoms with Crippen LogP contribution in [0.15, 0.2) is 17.2 Å². The first-order valence-corrected chi connectivity index (χ1v) is 7.37. The molecule has 0 amide bonds. The van der Waals surface area contributed by atoms with Crippen LogP contribution in [0.2, 0.25) is 0 Å². The highest BCUT2D eigenvalue weighted by molar-refractivity contribution is 7.99. The second-order valence-electron chi connectivity index (χ2n) is 4.08. The van der Waals surface area contributed by atoms with Gasteiger partial charge in [0.2, 0.25) is 0 Å². The summed E-state index contributed by atoms with van der Waals surface area (Å²) in [5, 5.41) is 0.851. The topological polar surface area (TPSA) is 56.3 Å². The molecule has 0 aliphatic carbocycles. The molecule has 0 aliphatic heterocycles. The van der Waals surface area contributed by atoms with E-state index in [9.17, 15) is 9.59 Å². The van der Waals surface area contributed by atoms with Gasteiger partial charge in [0, 0.05) is 6.42 Å². The molecule has 0 spiro atoms. The third-order valence-electron chi connectivity index (χ3n) is 2.55. The van der Waals surface area contributed by atoms with Crippen molar-refractivity contribution in [3.8, 4) is 0 Å². The first-order valence-electron chi connectivity index (χ1n) is 6.38. The lowest BCUT2D eigenvalue weighted by atomic mass is 10.2. The zero-order valence-corrected chi connectivity index (χ0v) is 12.2. The minimum absolute atomic E-state index is 0.135. The van der Waals surface area contributed by atoms with E-state index in [1.807, 2.05) is 19.1 Å². The molecule has 0 saturated heterocycles. The maximum Gasteiger partial charge on any atom is 0.305 e. The molecule has 0 unspecified atom stereocenters. The maximum absolute atomic E-state index is 11.1. The van der Waals surface area contributed by atoms with Crippen LogP contribution in [0.3, 0.4) is 0 Å². The van der Waals surface area contributed by atoms with Crippen molar-refractivity contribution in [1.82, 2.24) is 4.98 Å². The van der Waals surface area contributed by atoms with Crippen molar-refractivity contribution in [2.75, 3.05) is 12.4 Å². The number of ether oxygens (including phenoxy) is 1. The van der Waals surface area contributed by atoms with E-state index in [-0.39, 0.29) is 5.97 Å². The molecule has 4 nitrogen and oxygen atoms in total. The van der Waals surface area contributed by atoms with Crippen molar-refractivity contribution in [2.24, 2.45) is 0 Å². The van der Waals surface area contributed by atoms with Crippen LogP contribution in [0.25, 0.3) is 0 Å². The summed E-state index contributed by atoms with van der Waals surface area (Å²) in [5.41, 5.74) is 1.39. The van der Waals surface area contributed by atoms with Gasteiger partial charge in [0.05, 0.1) is 11.6 Å². The third kappa shape index (κ3) is 5.87. The van der Waals surface area contributed by atoms with Gasteiger partial charge < -0.3 is 4.74 Å². The lowest BCUT2D eigenvalue weighted by Gasteiger charge is -2.04. The Hall–Kier alpha value is -1.36. The Labute approximate surface area is 117 Å². The number of thioether (sulfide) groups is 1. The average Bonchev–Trinajstić information content (AvgIpc) is 2.40. The molecule has 5 heteroatoms. The summed E-state index contributed by atoms with van der Waals surface area (Å²) in [6.07, 6.45) is 2.99. The Morgan fingerprint density at radius 2 is 2.21 bits per heavy atom. The Morgan fingerprint density at radius 1 is 1.42 bits per heavy atom. The molecule has 0 radical (unpaired) electrons. The van der Waals surface area contributed by atoms with E-state index in [4.69, 9.17) is 4.74 Å². The zero-order valence-electron chi connectivity index (χ0n) is 11.3. The predicted molar refractivity (Wildman–Crippen MR) is 75.6 cm³/mol. The summed E-state index contributed by atoms with van der Waals surface area (Å²) >= 11 is 1.60. The molecule has 0 aromatic carbocycles. The number of unbranched alkanes of at least 4 members (excludes halogenated alkanes) is 1. The number of aromatic nitrogens is 1. The first kappa shape index (κ1) is 15.7. The molecule has 1 rings (SSSR count). The van der Waals surface area contributed by atoms with Crippen molar-refractivity contribution >= 4 is 24.0 Å². The number of pyridine rings is 1. The van der Waals surface area contributed by atoms with Crippen LogP contribution in [-0.2, 0) is 9.53 Å². The monoisotopic (exact) mass is 281 g/mol. The molecule has 19 heavy (non-hydrogen) atoms. The van der Waals surface area contributed by atoms with Gasteiger partial charge >= 0.3 is 5.97 Å². The van der Waals surface area contributed by atoms with Crippen molar-refractivity contribution in [1.29, 1.82) is 0 Å². The predicted octanol–water partition coefficient (Wildman–Crippen LogP) is 3.03. The Balaban J connectivity index is 2.26. The first-order chi connectivity index (χ1) is 9.17. The quantitative estimate of drug-likeness (QED) is 0.317. The number of rotatable bonds is 8. The van der Waals surface area contributed by atoms with E-state index in [0.717, 1.165) is 35.5 Å². The molecule has 1 aromatic rings. The lowest BCUT2D eigenvalue weighted by molar-refractivity contribution is -0.143. The molecule has 1 heterocycles. The van der Waals surface area contributed by atoms with Crippen molar-refractivity contribution in [3.05, 3.63) is 23.4 Å². The number of carbonyl (C=O) groups is 2. The van der Waals surface area contributed by atoms with Crippen molar-refractivity contribution < 1.29 is 14.3 Å². The van der Waals surface area contributed by atoms with E-state index in [1.54, 1.807) is 18.7 Å². The highest BCUT2D eigenvalue weighted by atomic mass is 32.2. The minimum atomic E-state index is -0.135. The SMILES string of the molecule is CCOC(=O)CCCCSc1ccc(C)c(C=O)n1. The number of aldehydes is 1. The van der Waals surface area contributed by atoms with Gasteiger partial charge in [-0.2, -0.15) is 0 Å². The van der Waals surface area contributed by atoms with Gasteiger partial charge in [-0.25, -0.2) is 4.98 Å². The summed E-state index contributed by atoms with van der Waals surface area (Å²) in [4.78, 5) is 26.1. The van der Waals surface area contributed by atoms with Crippen LogP contribution in [0.1, 0.15) is 42.2 Å². The van der Waals surface area contributed by atoms with Gasteiger partial charge in [0.25, 0.3) is 0 Å². The normalized spacial score (nSPS) is 10.2. The van der Waals surface area contributed by atoms with Crippen molar-refractivity contribution in [2.45, 2.75) is 38.1 Å². The fourth-order valence-electron chi connectivity index (χ4n) is 1.51. The molecule has 1 aromatic heterocycles. The fourth-order valence-corrected chi connectivity index (χ4v) is 2.39. The second-order valence-corrected chi connectivity index (χ2v) is 5.20. The molecule has 0 N–H and O–H groups in total. The number of carbonyl (C=O) groups excluding carboxylic acids is 2. The number of nitrogens with zero attached hydrogens (tertiary/aromatic N) is 1. The van der Waals surface area contributed by atoms with Gasteiger partial charge in [-0.15, -0.1) is 11.8 Å². The van der Waals surface area contributed by atoms with Gasteiger partial charge in [-0.3, -0.25) is 9.59 Å². The highest BCUT2D eigenvalue weighted by Crippen LogP contribution is 2.18. The van der Waals surface area contributed by atoms with Gasteiger partial charge in [0.15, 0.2) is 6.29 Å². The van der Waals surface area contributed by atoms with Crippen LogP contribution in [0, 0.1) is 6.92 Å². The summed E-state index contributed by atoms with van der Waals surface area (Å²) < 4.78 is 4.85. The maximum atomic E-state index is 11.1. The minimum Gasteiger partial charge on any atom is -0.466 e. The largest absolute Gasteiger partial charge is 0.466 e. The summed E-state index contributed by atoms with van der Waals surface area (Å²) in [6.45, 7) is 4.11. The van der Waals surface area contributed by atoms with Gasteiger partial charge in [-0.05, 0) is 44.1 Å². The van der Waals surface area contributed by atoms with Crippen LogP contribution < -0.4 is 0 Å². The van der Waals surface area contributed by atoms with E-state index in [0.29, 0.717) is 18.7 Å². The summed E-state index contributed by atoms with van der Waals surface area (Å²) in [7, 11) is 0. The third-order valence-corrected chi connectivity index (χ3v) is 3.57. The number of hydrogen-bond acceptors (Lipinski definition) is 5. The second kappa shape index (κ2) is 8.69. The van der Waals surface area contributed by atoms with Crippen molar-refractivity contribution in [3.63, 3.8) is 0 Å². The Bertz CT molecular complexity index is 435. The van der Waals surface area contributed by atoms with E-state index in [2.05, 4.69) is 4.98 Å². The number of aryl methyl sites for hydroxylation is 1. The number of hydrogen-bond donors (Lipinski definition) is 0. The molecule has 0 saturated carbocycles. The Kier molecular flexibility index (Phi) is 7.18.